The van der Waals surface area contributed by atoms with Crippen LogP contribution in [-0.2, 0) is 9.59 Å². The number of carbonyl (C=O) groups is 2. The lowest BCUT2D eigenvalue weighted by molar-refractivity contribution is -0.120. The number of amides is 2. The maximum atomic E-state index is 13.5. The molecule has 1 aliphatic heterocycles. The van der Waals surface area contributed by atoms with Gasteiger partial charge in [0, 0.05) is 23.9 Å². The molecule has 168 valence electrons. The fourth-order valence-corrected chi connectivity index (χ4v) is 3.50. The van der Waals surface area contributed by atoms with Crippen LogP contribution < -0.4 is 24.4 Å². The summed E-state index contributed by atoms with van der Waals surface area (Å²) in [7, 11) is 4.51. The van der Waals surface area contributed by atoms with E-state index in [2.05, 4.69) is 5.32 Å². The third-order valence-electron chi connectivity index (χ3n) is 5.17. The summed E-state index contributed by atoms with van der Waals surface area (Å²) in [6.45, 7) is 0. The highest BCUT2D eigenvalue weighted by molar-refractivity contribution is 6.46. The van der Waals surface area contributed by atoms with Gasteiger partial charge in [-0.25, -0.2) is 9.29 Å². The molecule has 2 amide bonds. The summed E-state index contributed by atoms with van der Waals surface area (Å²) in [5.74, 6) is -0.0829. The third-order valence-corrected chi connectivity index (χ3v) is 5.17. The predicted octanol–water partition coefficient (Wildman–Crippen LogP) is 4.25. The van der Waals surface area contributed by atoms with Crippen LogP contribution in [0.2, 0.25) is 0 Å². The van der Waals surface area contributed by atoms with Gasteiger partial charge in [0.05, 0.1) is 32.6 Å². The lowest BCUT2D eigenvalue weighted by atomic mass is 10.0. The van der Waals surface area contributed by atoms with Gasteiger partial charge >= 0.3 is 0 Å². The minimum absolute atomic E-state index is 0.0681. The van der Waals surface area contributed by atoms with Crippen LogP contribution in [-0.4, -0.2) is 33.1 Å². The molecule has 0 fully saturated rings. The lowest BCUT2D eigenvalue weighted by Crippen LogP contribution is -2.32. The highest BCUT2D eigenvalue weighted by Gasteiger charge is 2.40. The van der Waals surface area contributed by atoms with Crippen molar-refractivity contribution in [1.29, 1.82) is 0 Å². The largest absolute Gasteiger partial charge is 0.497 e. The van der Waals surface area contributed by atoms with Gasteiger partial charge in [0.2, 0.25) is 0 Å². The van der Waals surface area contributed by atoms with Crippen LogP contribution in [0.5, 0.6) is 17.2 Å². The number of ether oxygens (including phenoxy) is 3. The Kier molecular flexibility index (Phi) is 5.99. The van der Waals surface area contributed by atoms with E-state index in [-0.39, 0.29) is 17.0 Å². The van der Waals surface area contributed by atoms with Gasteiger partial charge in [-0.1, -0.05) is 12.1 Å². The first kappa shape index (κ1) is 21.9. The second kappa shape index (κ2) is 9.04. The first-order valence-electron chi connectivity index (χ1n) is 9.98. The molecular formula is C25H21FN2O5. The van der Waals surface area contributed by atoms with E-state index in [1.165, 1.54) is 38.5 Å². The molecule has 3 aromatic rings. The summed E-state index contributed by atoms with van der Waals surface area (Å²) < 4.78 is 29.3. The molecule has 1 heterocycles. The quantitative estimate of drug-likeness (QED) is 0.545. The number of nitrogens with zero attached hydrogens (tertiary/aromatic N) is 1. The van der Waals surface area contributed by atoms with Gasteiger partial charge in [0.15, 0.2) is 0 Å². The summed E-state index contributed by atoms with van der Waals surface area (Å²) in [6.07, 6.45) is 0. The molecule has 7 nitrogen and oxygen atoms in total. The van der Waals surface area contributed by atoms with Crippen molar-refractivity contribution in [3.05, 3.63) is 83.8 Å². The molecule has 1 aliphatic rings. The molecule has 0 atom stereocenters. The molecule has 3 aromatic carbocycles. The summed E-state index contributed by atoms with van der Waals surface area (Å²) in [4.78, 5) is 28.0. The van der Waals surface area contributed by atoms with Gasteiger partial charge in [-0.15, -0.1) is 0 Å². The van der Waals surface area contributed by atoms with Crippen molar-refractivity contribution in [2.75, 3.05) is 31.5 Å². The fourth-order valence-electron chi connectivity index (χ4n) is 3.50. The summed E-state index contributed by atoms with van der Waals surface area (Å²) in [5, 5.41) is 3.05. The van der Waals surface area contributed by atoms with Crippen LogP contribution in [0.4, 0.5) is 15.8 Å². The monoisotopic (exact) mass is 448 g/mol. The molecule has 0 radical (unpaired) electrons. The van der Waals surface area contributed by atoms with Crippen LogP contribution >= 0.6 is 0 Å². The first-order valence-corrected chi connectivity index (χ1v) is 9.98. The van der Waals surface area contributed by atoms with Crippen LogP contribution in [0.25, 0.3) is 5.57 Å². The van der Waals surface area contributed by atoms with E-state index in [0.717, 1.165) is 4.90 Å². The van der Waals surface area contributed by atoms with Crippen LogP contribution in [0.3, 0.4) is 0 Å². The van der Waals surface area contributed by atoms with Crippen molar-refractivity contribution < 1.29 is 28.2 Å². The minimum atomic E-state index is -0.564. The Bertz CT molecular complexity index is 1210. The number of methoxy groups -OCH3 is 3. The van der Waals surface area contributed by atoms with E-state index in [0.29, 0.717) is 28.5 Å². The Morgan fingerprint density at radius 3 is 1.85 bits per heavy atom. The smallest absolute Gasteiger partial charge is 0.282 e. The lowest BCUT2D eigenvalue weighted by Gasteiger charge is -2.17. The Balaban J connectivity index is 1.81. The number of imide groups is 1. The van der Waals surface area contributed by atoms with Gasteiger partial charge in [0.25, 0.3) is 11.8 Å². The van der Waals surface area contributed by atoms with Crippen LogP contribution in [0, 0.1) is 5.82 Å². The van der Waals surface area contributed by atoms with Crippen molar-refractivity contribution >= 4 is 28.8 Å². The Morgan fingerprint density at radius 2 is 1.30 bits per heavy atom. The van der Waals surface area contributed by atoms with Crippen molar-refractivity contribution in [3.63, 3.8) is 0 Å². The van der Waals surface area contributed by atoms with E-state index < -0.39 is 17.6 Å². The zero-order chi connectivity index (χ0) is 23.5. The molecule has 1 N–H and O–H groups in total. The van der Waals surface area contributed by atoms with Crippen LogP contribution in [0.15, 0.2) is 72.4 Å². The van der Waals surface area contributed by atoms with Crippen molar-refractivity contribution in [2.24, 2.45) is 0 Å². The molecule has 0 bridgehead atoms. The molecule has 0 saturated heterocycles. The van der Waals surface area contributed by atoms with E-state index in [4.69, 9.17) is 14.2 Å². The molecule has 4 rings (SSSR count). The van der Waals surface area contributed by atoms with Gasteiger partial charge in [-0.3, -0.25) is 9.59 Å². The number of benzene rings is 3. The number of hydrogen-bond acceptors (Lipinski definition) is 6. The molecule has 33 heavy (non-hydrogen) atoms. The van der Waals surface area contributed by atoms with Gasteiger partial charge in [0.1, 0.15) is 28.8 Å². The summed E-state index contributed by atoms with van der Waals surface area (Å²) in [5.41, 5.74) is 1.46. The van der Waals surface area contributed by atoms with Gasteiger partial charge < -0.3 is 19.5 Å². The van der Waals surface area contributed by atoms with Crippen LogP contribution in [0.1, 0.15) is 5.56 Å². The second-order valence-corrected chi connectivity index (χ2v) is 7.13. The number of nitrogens with one attached hydrogen (secondary N) is 1. The normalized spacial score (nSPS) is 13.4. The molecule has 8 heteroatoms. The second-order valence-electron chi connectivity index (χ2n) is 7.13. The molecule has 0 unspecified atom stereocenters. The highest BCUT2D eigenvalue weighted by atomic mass is 19.1. The van der Waals surface area contributed by atoms with E-state index in [1.807, 2.05) is 0 Å². The number of halogens is 1. The SMILES string of the molecule is COc1ccc(NC2=C(c3ccc(F)cc3)C(=O)N(c3cc(OC)cc(OC)c3)C2=O)cc1. The van der Waals surface area contributed by atoms with Crippen molar-refractivity contribution in [1.82, 2.24) is 0 Å². The number of carbonyl (C=O) groups excluding carboxylic acids is 2. The average molecular weight is 448 g/mol. The highest BCUT2D eigenvalue weighted by Crippen LogP contribution is 2.37. The average Bonchev–Trinajstić information content (AvgIpc) is 3.08. The van der Waals surface area contributed by atoms with E-state index in [9.17, 15) is 14.0 Å². The summed E-state index contributed by atoms with van der Waals surface area (Å²) >= 11 is 0. The predicted molar refractivity (Wildman–Crippen MR) is 122 cm³/mol. The molecular weight excluding hydrogens is 427 g/mol. The Labute approximate surface area is 190 Å². The minimum Gasteiger partial charge on any atom is -0.497 e. The van der Waals surface area contributed by atoms with Crippen molar-refractivity contribution in [3.8, 4) is 17.2 Å². The fraction of sp³-hybridized carbons (Fsp3) is 0.120. The molecule has 0 spiro atoms. The maximum absolute atomic E-state index is 13.5. The maximum Gasteiger partial charge on any atom is 0.282 e. The zero-order valence-corrected chi connectivity index (χ0v) is 18.2. The van der Waals surface area contributed by atoms with Gasteiger partial charge in [-0.05, 0) is 42.0 Å². The van der Waals surface area contributed by atoms with Gasteiger partial charge in [-0.2, -0.15) is 0 Å². The van der Waals surface area contributed by atoms with Crippen molar-refractivity contribution in [2.45, 2.75) is 0 Å². The number of hydrogen-bond donors (Lipinski definition) is 1. The molecule has 0 saturated carbocycles. The van der Waals surface area contributed by atoms with E-state index in [1.54, 1.807) is 49.6 Å². The Morgan fingerprint density at radius 1 is 0.727 bits per heavy atom. The topological polar surface area (TPSA) is 77.1 Å². The Hall–Kier alpha value is -4.33. The molecule has 0 aliphatic carbocycles. The number of rotatable bonds is 7. The summed E-state index contributed by atoms with van der Waals surface area (Å²) in [6, 6.07) is 17.1. The first-order chi connectivity index (χ1) is 15.9. The van der Waals surface area contributed by atoms with E-state index >= 15 is 0 Å². The number of anilines is 2. The third kappa shape index (κ3) is 4.23. The standard InChI is InChI=1S/C25H21FN2O5/c1-31-19-10-8-17(9-11-19)27-23-22(15-4-6-16(26)7-5-15)24(29)28(25(23)30)18-12-20(32-2)14-21(13-18)33-3/h4-14,27H,1-3H3. The molecule has 0 aromatic heterocycles. The zero-order valence-electron chi connectivity index (χ0n) is 18.2.